The van der Waals surface area contributed by atoms with E-state index in [1.165, 1.54) is 11.3 Å². The number of rotatable bonds is 6. The number of hydrogen-bond acceptors (Lipinski definition) is 2. The SMILES string of the molecule is CC(C)CCSc1ccc(CC(=O)O)cc1. The molecule has 0 atom stereocenters. The Morgan fingerprint density at radius 2 is 1.94 bits per heavy atom. The lowest BCUT2D eigenvalue weighted by Gasteiger charge is -2.05. The van der Waals surface area contributed by atoms with E-state index in [1.807, 2.05) is 36.0 Å². The first kappa shape index (κ1) is 13.1. The van der Waals surface area contributed by atoms with Gasteiger partial charge in [0, 0.05) is 4.90 Å². The van der Waals surface area contributed by atoms with Gasteiger partial charge in [-0.15, -0.1) is 11.8 Å². The second-order valence-corrected chi connectivity index (χ2v) is 5.41. The third-order valence-electron chi connectivity index (χ3n) is 2.24. The first-order valence-electron chi connectivity index (χ1n) is 5.51. The highest BCUT2D eigenvalue weighted by Gasteiger charge is 2.01. The zero-order chi connectivity index (χ0) is 12.0. The molecule has 0 aliphatic heterocycles. The van der Waals surface area contributed by atoms with Gasteiger partial charge in [0.1, 0.15) is 0 Å². The zero-order valence-electron chi connectivity index (χ0n) is 9.77. The Kier molecular flexibility index (Phi) is 5.39. The molecule has 2 nitrogen and oxygen atoms in total. The molecule has 1 aromatic carbocycles. The largest absolute Gasteiger partial charge is 0.481 e. The Bertz CT molecular complexity index is 330. The lowest BCUT2D eigenvalue weighted by Crippen LogP contribution is -1.99. The maximum absolute atomic E-state index is 10.5. The van der Waals surface area contributed by atoms with Gasteiger partial charge < -0.3 is 5.11 Å². The van der Waals surface area contributed by atoms with E-state index in [9.17, 15) is 4.79 Å². The first-order valence-corrected chi connectivity index (χ1v) is 6.50. The lowest BCUT2D eigenvalue weighted by molar-refractivity contribution is -0.136. The van der Waals surface area contributed by atoms with Crippen LogP contribution in [0.3, 0.4) is 0 Å². The molecule has 16 heavy (non-hydrogen) atoms. The fourth-order valence-corrected chi connectivity index (χ4v) is 2.44. The summed E-state index contributed by atoms with van der Waals surface area (Å²) in [7, 11) is 0. The summed E-state index contributed by atoms with van der Waals surface area (Å²) >= 11 is 1.83. The van der Waals surface area contributed by atoms with E-state index in [4.69, 9.17) is 5.11 Å². The first-order chi connectivity index (χ1) is 7.58. The van der Waals surface area contributed by atoms with Gasteiger partial charge in [0.15, 0.2) is 0 Å². The summed E-state index contributed by atoms with van der Waals surface area (Å²) in [5.74, 6) is 1.08. The van der Waals surface area contributed by atoms with Gasteiger partial charge in [0.25, 0.3) is 0 Å². The normalized spacial score (nSPS) is 10.7. The average Bonchev–Trinajstić information content (AvgIpc) is 2.19. The van der Waals surface area contributed by atoms with Gasteiger partial charge in [0.05, 0.1) is 6.42 Å². The van der Waals surface area contributed by atoms with Gasteiger partial charge in [-0.2, -0.15) is 0 Å². The van der Waals surface area contributed by atoms with Gasteiger partial charge in [0.2, 0.25) is 0 Å². The molecule has 0 bridgehead atoms. The van der Waals surface area contributed by atoms with Crippen LogP contribution in [0.5, 0.6) is 0 Å². The Morgan fingerprint density at radius 3 is 2.44 bits per heavy atom. The van der Waals surface area contributed by atoms with Crippen molar-refractivity contribution in [2.24, 2.45) is 5.92 Å². The molecule has 0 spiro atoms. The van der Waals surface area contributed by atoms with Crippen LogP contribution in [-0.2, 0) is 11.2 Å². The molecule has 1 rings (SSSR count). The quantitative estimate of drug-likeness (QED) is 0.771. The summed E-state index contributed by atoms with van der Waals surface area (Å²) in [6.45, 7) is 4.44. The third kappa shape index (κ3) is 5.21. The molecule has 0 aliphatic rings. The van der Waals surface area contributed by atoms with Crippen molar-refractivity contribution in [2.45, 2.75) is 31.6 Å². The van der Waals surface area contributed by atoms with Crippen molar-refractivity contribution in [3.63, 3.8) is 0 Å². The second-order valence-electron chi connectivity index (χ2n) is 4.25. The van der Waals surface area contributed by atoms with Crippen LogP contribution in [0.2, 0.25) is 0 Å². The molecule has 88 valence electrons. The predicted octanol–water partition coefficient (Wildman–Crippen LogP) is 3.45. The molecule has 0 unspecified atom stereocenters. The van der Waals surface area contributed by atoms with Gasteiger partial charge in [-0.25, -0.2) is 0 Å². The molecule has 3 heteroatoms. The van der Waals surface area contributed by atoms with E-state index >= 15 is 0 Å². The summed E-state index contributed by atoms with van der Waals surface area (Å²) in [6.07, 6.45) is 1.32. The zero-order valence-corrected chi connectivity index (χ0v) is 10.6. The van der Waals surface area contributed by atoms with Crippen molar-refractivity contribution in [2.75, 3.05) is 5.75 Å². The predicted molar refractivity (Wildman–Crippen MR) is 68.0 cm³/mol. The van der Waals surface area contributed by atoms with Gasteiger partial charge in [-0.05, 0) is 35.8 Å². The van der Waals surface area contributed by atoms with Crippen molar-refractivity contribution in [1.82, 2.24) is 0 Å². The molecule has 0 saturated carbocycles. The molecule has 0 heterocycles. The molecule has 0 saturated heterocycles. The topological polar surface area (TPSA) is 37.3 Å². The minimum absolute atomic E-state index is 0.108. The maximum atomic E-state index is 10.5. The Labute approximate surface area is 101 Å². The lowest BCUT2D eigenvalue weighted by atomic mass is 10.2. The number of carboxylic acid groups (broad SMARTS) is 1. The van der Waals surface area contributed by atoms with E-state index < -0.39 is 5.97 Å². The second kappa shape index (κ2) is 6.59. The van der Waals surface area contributed by atoms with E-state index in [0.29, 0.717) is 0 Å². The van der Waals surface area contributed by atoms with Crippen molar-refractivity contribution in [1.29, 1.82) is 0 Å². The number of thioether (sulfide) groups is 1. The van der Waals surface area contributed by atoms with Gasteiger partial charge >= 0.3 is 5.97 Å². The van der Waals surface area contributed by atoms with E-state index in [-0.39, 0.29) is 6.42 Å². The summed E-state index contributed by atoms with van der Waals surface area (Å²) in [5, 5.41) is 8.63. The highest BCUT2D eigenvalue weighted by molar-refractivity contribution is 7.99. The molecule has 1 aromatic rings. The van der Waals surface area contributed by atoms with Crippen LogP contribution in [0.25, 0.3) is 0 Å². The van der Waals surface area contributed by atoms with Crippen LogP contribution in [0.15, 0.2) is 29.2 Å². The fourth-order valence-electron chi connectivity index (χ4n) is 1.29. The highest BCUT2D eigenvalue weighted by atomic mass is 32.2. The van der Waals surface area contributed by atoms with Crippen molar-refractivity contribution in [3.8, 4) is 0 Å². The number of aliphatic carboxylic acids is 1. The molecule has 0 radical (unpaired) electrons. The molecular formula is C13H18O2S. The van der Waals surface area contributed by atoms with Crippen LogP contribution in [0.4, 0.5) is 0 Å². The number of carboxylic acids is 1. The summed E-state index contributed by atoms with van der Waals surface area (Å²) in [5.41, 5.74) is 0.862. The monoisotopic (exact) mass is 238 g/mol. The Balaban J connectivity index is 2.42. The third-order valence-corrected chi connectivity index (χ3v) is 3.29. The Hall–Kier alpha value is -0.960. The fraction of sp³-hybridized carbons (Fsp3) is 0.462. The summed E-state index contributed by atoms with van der Waals surface area (Å²) < 4.78 is 0. The molecule has 0 aromatic heterocycles. The maximum Gasteiger partial charge on any atom is 0.307 e. The number of hydrogen-bond donors (Lipinski definition) is 1. The molecule has 0 aliphatic carbocycles. The van der Waals surface area contributed by atoms with E-state index in [1.54, 1.807) is 0 Å². The van der Waals surface area contributed by atoms with E-state index in [2.05, 4.69) is 13.8 Å². The van der Waals surface area contributed by atoms with Crippen LogP contribution < -0.4 is 0 Å². The summed E-state index contributed by atoms with van der Waals surface area (Å²) in [4.78, 5) is 11.7. The van der Waals surface area contributed by atoms with Crippen molar-refractivity contribution in [3.05, 3.63) is 29.8 Å². The molecular weight excluding hydrogens is 220 g/mol. The molecule has 1 N–H and O–H groups in total. The van der Waals surface area contributed by atoms with Crippen molar-refractivity contribution < 1.29 is 9.90 Å². The highest BCUT2D eigenvalue weighted by Crippen LogP contribution is 2.20. The number of carbonyl (C=O) groups is 1. The van der Waals surface area contributed by atoms with Gasteiger partial charge in [-0.3, -0.25) is 4.79 Å². The molecule has 0 amide bonds. The number of benzene rings is 1. The minimum Gasteiger partial charge on any atom is -0.481 e. The minimum atomic E-state index is -0.778. The van der Waals surface area contributed by atoms with Gasteiger partial charge in [-0.1, -0.05) is 26.0 Å². The standard InChI is InChI=1S/C13H18O2S/c1-10(2)7-8-16-12-5-3-11(4-6-12)9-13(14)15/h3-6,10H,7-9H2,1-2H3,(H,14,15). The van der Waals surface area contributed by atoms with Crippen LogP contribution in [-0.4, -0.2) is 16.8 Å². The van der Waals surface area contributed by atoms with Crippen LogP contribution in [0, 0.1) is 5.92 Å². The smallest absolute Gasteiger partial charge is 0.307 e. The van der Waals surface area contributed by atoms with Crippen LogP contribution in [0.1, 0.15) is 25.8 Å². The van der Waals surface area contributed by atoms with Crippen LogP contribution >= 0.6 is 11.8 Å². The van der Waals surface area contributed by atoms with E-state index in [0.717, 1.165) is 17.2 Å². The average molecular weight is 238 g/mol. The van der Waals surface area contributed by atoms with Crippen molar-refractivity contribution >= 4 is 17.7 Å². The molecule has 0 fully saturated rings. The summed E-state index contributed by atoms with van der Waals surface area (Å²) in [6, 6.07) is 7.80. The Morgan fingerprint density at radius 1 is 1.31 bits per heavy atom.